The summed E-state index contributed by atoms with van der Waals surface area (Å²) in [5.41, 5.74) is 0.700. The number of halogens is 1. The van der Waals surface area contributed by atoms with Crippen molar-refractivity contribution in [3.8, 4) is 6.07 Å². The Kier molecular flexibility index (Phi) is 3.70. The molecule has 2 heterocycles. The van der Waals surface area contributed by atoms with Crippen LogP contribution in [0.2, 0.25) is 0 Å². The molecule has 0 aromatic carbocycles. The number of piperidine rings is 1. The van der Waals surface area contributed by atoms with E-state index in [1.807, 2.05) is 6.07 Å². The maximum atomic E-state index is 13.3. The number of nitrogens with zero attached hydrogens (tertiary/aromatic N) is 2. The van der Waals surface area contributed by atoms with Crippen LogP contribution in [-0.2, 0) is 0 Å². The average molecular weight is 276 g/mol. The predicted molar refractivity (Wildman–Crippen MR) is 76.8 cm³/mol. The summed E-state index contributed by atoms with van der Waals surface area (Å²) in [6.07, 6.45) is 2.87. The second-order valence-corrected chi connectivity index (χ2v) is 6.80. The van der Waals surface area contributed by atoms with Crippen molar-refractivity contribution in [1.82, 2.24) is 10.3 Å². The molecular formula is C15H21FN4. The summed E-state index contributed by atoms with van der Waals surface area (Å²) in [7, 11) is 0. The van der Waals surface area contributed by atoms with Crippen LogP contribution in [0.4, 0.5) is 10.1 Å². The van der Waals surface area contributed by atoms with E-state index in [4.69, 9.17) is 5.26 Å². The number of rotatable bonds is 2. The average Bonchev–Trinajstić information content (AvgIpc) is 2.24. The van der Waals surface area contributed by atoms with E-state index in [1.54, 1.807) is 0 Å². The highest BCUT2D eigenvalue weighted by Crippen LogP contribution is 2.31. The van der Waals surface area contributed by atoms with Gasteiger partial charge in [0.25, 0.3) is 0 Å². The Labute approximate surface area is 119 Å². The second kappa shape index (κ2) is 5.02. The first-order valence-electron chi connectivity index (χ1n) is 6.82. The van der Waals surface area contributed by atoms with Crippen molar-refractivity contribution in [2.45, 2.75) is 57.7 Å². The lowest BCUT2D eigenvalue weighted by Gasteiger charge is -2.46. The third-order valence-corrected chi connectivity index (χ3v) is 3.51. The summed E-state index contributed by atoms with van der Waals surface area (Å²) in [5.74, 6) is -0.432. The van der Waals surface area contributed by atoms with Crippen molar-refractivity contribution in [2.24, 2.45) is 0 Å². The number of hydrogen-bond acceptors (Lipinski definition) is 4. The smallest absolute Gasteiger partial charge is 0.163 e. The molecule has 4 nitrogen and oxygen atoms in total. The molecule has 1 fully saturated rings. The summed E-state index contributed by atoms with van der Waals surface area (Å²) < 4.78 is 13.3. The quantitative estimate of drug-likeness (QED) is 0.872. The monoisotopic (exact) mass is 276 g/mol. The molecule has 0 amide bonds. The Bertz CT molecular complexity index is 529. The summed E-state index contributed by atoms with van der Waals surface area (Å²) in [6, 6.07) is 3.52. The van der Waals surface area contributed by atoms with E-state index in [-0.39, 0.29) is 22.8 Å². The standard InChI is InChI=1S/C15H21FN4/c1-14(2)6-11(7-15(3,4)20-14)19-12-5-10(16)9-18-13(12)8-17/h5,9,11,19-20H,6-7H2,1-4H3. The van der Waals surface area contributed by atoms with E-state index in [2.05, 4.69) is 43.3 Å². The van der Waals surface area contributed by atoms with Crippen LogP contribution in [0.25, 0.3) is 0 Å². The third-order valence-electron chi connectivity index (χ3n) is 3.51. The van der Waals surface area contributed by atoms with Crippen molar-refractivity contribution in [2.75, 3.05) is 5.32 Å². The van der Waals surface area contributed by atoms with Crippen molar-refractivity contribution >= 4 is 5.69 Å². The normalized spacial score (nSPS) is 21.2. The van der Waals surface area contributed by atoms with Crippen molar-refractivity contribution in [1.29, 1.82) is 5.26 Å². The van der Waals surface area contributed by atoms with E-state index in [9.17, 15) is 4.39 Å². The molecule has 2 N–H and O–H groups in total. The number of nitrogens with one attached hydrogen (secondary N) is 2. The first-order chi connectivity index (χ1) is 9.21. The largest absolute Gasteiger partial charge is 0.380 e. The molecule has 0 bridgehead atoms. The van der Waals surface area contributed by atoms with Gasteiger partial charge >= 0.3 is 0 Å². The zero-order chi connectivity index (χ0) is 15.0. The molecule has 0 radical (unpaired) electrons. The lowest BCUT2D eigenvalue weighted by molar-refractivity contribution is 0.170. The summed E-state index contributed by atoms with van der Waals surface area (Å²) >= 11 is 0. The van der Waals surface area contributed by atoms with Crippen LogP contribution >= 0.6 is 0 Å². The van der Waals surface area contributed by atoms with Gasteiger partial charge in [0.2, 0.25) is 0 Å². The van der Waals surface area contributed by atoms with Crippen LogP contribution in [0.1, 0.15) is 46.2 Å². The maximum Gasteiger partial charge on any atom is 0.163 e. The molecule has 2 rings (SSSR count). The lowest BCUT2D eigenvalue weighted by Crippen LogP contribution is -2.60. The number of hydrogen-bond donors (Lipinski definition) is 2. The molecule has 0 spiro atoms. The van der Waals surface area contributed by atoms with Crippen LogP contribution in [0.3, 0.4) is 0 Å². The molecule has 1 saturated heterocycles. The number of nitriles is 1. The van der Waals surface area contributed by atoms with Crippen LogP contribution in [-0.4, -0.2) is 22.1 Å². The highest BCUT2D eigenvalue weighted by Gasteiger charge is 2.37. The summed E-state index contributed by atoms with van der Waals surface area (Å²) in [6.45, 7) is 8.60. The van der Waals surface area contributed by atoms with E-state index in [1.165, 1.54) is 6.07 Å². The number of aromatic nitrogens is 1. The second-order valence-electron chi connectivity index (χ2n) is 6.80. The first-order valence-corrected chi connectivity index (χ1v) is 6.82. The highest BCUT2D eigenvalue weighted by molar-refractivity contribution is 5.54. The molecule has 1 aromatic rings. The van der Waals surface area contributed by atoms with Gasteiger partial charge in [0.05, 0.1) is 11.9 Å². The van der Waals surface area contributed by atoms with Gasteiger partial charge in [-0.3, -0.25) is 0 Å². The Morgan fingerprint density at radius 1 is 1.35 bits per heavy atom. The van der Waals surface area contributed by atoms with Crippen molar-refractivity contribution < 1.29 is 4.39 Å². The van der Waals surface area contributed by atoms with Crippen molar-refractivity contribution in [3.05, 3.63) is 23.8 Å². The molecule has 0 saturated carbocycles. The van der Waals surface area contributed by atoms with Gasteiger partial charge < -0.3 is 10.6 Å². The lowest BCUT2D eigenvalue weighted by atomic mass is 9.79. The molecule has 5 heteroatoms. The molecule has 0 unspecified atom stereocenters. The first kappa shape index (κ1) is 14.7. The van der Waals surface area contributed by atoms with Crippen LogP contribution < -0.4 is 10.6 Å². The Morgan fingerprint density at radius 2 is 1.95 bits per heavy atom. The van der Waals surface area contributed by atoms with E-state index in [0.717, 1.165) is 19.0 Å². The van der Waals surface area contributed by atoms with Gasteiger partial charge in [-0.2, -0.15) is 5.26 Å². The Hall–Kier alpha value is -1.67. The predicted octanol–water partition coefficient (Wildman–Crippen LogP) is 2.81. The van der Waals surface area contributed by atoms with Gasteiger partial charge in [-0.15, -0.1) is 0 Å². The SMILES string of the molecule is CC1(C)CC(Nc2cc(F)cnc2C#N)CC(C)(C)N1. The van der Waals surface area contributed by atoms with Gasteiger partial charge in [0, 0.05) is 23.2 Å². The van der Waals surface area contributed by atoms with Gasteiger partial charge in [0.1, 0.15) is 11.9 Å². The highest BCUT2D eigenvalue weighted by atomic mass is 19.1. The van der Waals surface area contributed by atoms with Gasteiger partial charge in [0.15, 0.2) is 5.69 Å². The Morgan fingerprint density at radius 3 is 2.50 bits per heavy atom. The fraction of sp³-hybridized carbons (Fsp3) is 0.600. The molecule has 1 aromatic heterocycles. The maximum absolute atomic E-state index is 13.3. The third kappa shape index (κ3) is 3.45. The van der Waals surface area contributed by atoms with E-state index >= 15 is 0 Å². The molecule has 0 aliphatic carbocycles. The summed E-state index contributed by atoms with van der Waals surface area (Å²) in [5, 5.41) is 15.9. The number of pyridine rings is 1. The minimum atomic E-state index is -0.432. The van der Waals surface area contributed by atoms with Gasteiger partial charge in [-0.05, 0) is 40.5 Å². The fourth-order valence-corrected chi connectivity index (χ4v) is 3.28. The summed E-state index contributed by atoms with van der Waals surface area (Å²) in [4.78, 5) is 3.82. The van der Waals surface area contributed by atoms with Crippen LogP contribution in [0.5, 0.6) is 0 Å². The minimum absolute atomic E-state index is 0.00697. The molecule has 20 heavy (non-hydrogen) atoms. The fourth-order valence-electron chi connectivity index (χ4n) is 3.28. The topological polar surface area (TPSA) is 60.7 Å². The molecule has 0 atom stereocenters. The zero-order valence-electron chi connectivity index (χ0n) is 12.4. The van der Waals surface area contributed by atoms with Crippen LogP contribution in [0, 0.1) is 17.1 Å². The van der Waals surface area contributed by atoms with Gasteiger partial charge in [-0.25, -0.2) is 9.37 Å². The number of anilines is 1. The molecule has 1 aliphatic heterocycles. The minimum Gasteiger partial charge on any atom is -0.380 e. The molecular weight excluding hydrogens is 255 g/mol. The zero-order valence-corrected chi connectivity index (χ0v) is 12.4. The van der Waals surface area contributed by atoms with Crippen molar-refractivity contribution in [3.63, 3.8) is 0 Å². The van der Waals surface area contributed by atoms with E-state index < -0.39 is 5.82 Å². The van der Waals surface area contributed by atoms with Gasteiger partial charge in [-0.1, -0.05) is 0 Å². The molecule has 108 valence electrons. The Balaban J connectivity index is 2.22. The van der Waals surface area contributed by atoms with Crippen LogP contribution in [0.15, 0.2) is 12.3 Å². The van der Waals surface area contributed by atoms with E-state index in [0.29, 0.717) is 5.69 Å². The molecule has 1 aliphatic rings.